The zero-order chi connectivity index (χ0) is 18.1. The Bertz CT molecular complexity index is 826. The van der Waals surface area contributed by atoms with Crippen molar-refractivity contribution in [2.24, 2.45) is 0 Å². The van der Waals surface area contributed by atoms with E-state index in [-0.39, 0.29) is 11.9 Å². The number of unbranched alkanes of at least 4 members (excludes halogenated alkanes) is 1. The van der Waals surface area contributed by atoms with Crippen LogP contribution in [0.3, 0.4) is 0 Å². The normalized spacial score (nSPS) is 21.1. The molecular weight excluding hydrogens is 326 g/mol. The lowest BCUT2D eigenvalue weighted by molar-refractivity contribution is -0.130. The number of nitrogens with one attached hydrogen (secondary N) is 1. The molecule has 0 bridgehead atoms. The van der Waals surface area contributed by atoms with Crippen molar-refractivity contribution in [1.82, 2.24) is 15.1 Å². The van der Waals surface area contributed by atoms with Gasteiger partial charge in [0, 0.05) is 49.2 Å². The van der Waals surface area contributed by atoms with E-state index in [1.54, 1.807) is 0 Å². The maximum atomic E-state index is 12.3. The summed E-state index contributed by atoms with van der Waals surface area (Å²) in [7, 11) is 0. The summed E-state index contributed by atoms with van der Waals surface area (Å²) >= 11 is 0. The number of nitrogens with zero attached hydrogens (tertiary/aromatic N) is 2. The van der Waals surface area contributed by atoms with Crippen molar-refractivity contribution in [3.8, 4) is 0 Å². The number of para-hydroxylation sites is 1. The van der Waals surface area contributed by atoms with Gasteiger partial charge in [-0.05, 0) is 12.5 Å². The number of piperazine rings is 2. The number of hydrogen-bond acceptors (Lipinski definition) is 4. The van der Waals surface area contributed by atoms with Gasteiger partial charge in [0.1, 0.15) is 17.4 Å². The van der Waals surface area contributed by atoms with E-state index in [1.807, 2.05) is 12.1 Å². The molecule has 4 rings (SSSR count). The van der Waals surface area contributed by atoms with Gasteiger partial charge in [-0.15, -0.1) is 0 Å². The van der Waals surface area contributed by atoms with Crippen molar-refractivity contribution >= 4 is 16.9 Å². The molecule has 1 unspecified atom stereocenters. The first kappa shape index (κ1) is 17.2. The van der Waals surface area contributed by atoms with Crippen LogP contribution in [-0.4, -0.2) is 47.9 Å². The van der Waals surface area contributed by atoms with E-state index in [0.29, 0.717) is 6.54 Å². The maximum absolute atomic E-state index is 12.3. The summed E-state index contributed by atoms with van der Waals surface area (Å²) in [4.78, 5) is 16.9. The third-order valence-corrected chi connectivity index (χ3v) is 5.56. The number of amides is 1. The molecule has 5 nitrogen and oxygen atoms in total. The lowest BCUT2D eigenvalue weighted by Crippen LogP contribution is -2.62. The Balaban J connectivity index is 1.57. The fourth-order valence-electron chi connectivity index (χ4n) is 4.08. The highest BCUT2D eigenvalue weighted by Gasteiger charge is 2.36. The van der Waals surface area contributed by atoms with E-state index in [4.69, 9.17) is 4.42 Å². The minimum Gasteiger partial charge on any atom is -0.461 e. The third kappa shape index (κ3) is 3.12. The van der Waals surface area contributed by atoms with Crippen LogP contribution in [0.1, 0.15) is 31.1 Å². The Labute approximate surface area is 154 Å². The van der Waals surface area contributed by atoms with Crippen LogP contribution >= 0.6 is 0 Å². The number of aryl methyl sites for hydroxylation is 1. The molecule has 2 saturated heterocycles. The molecule has 2 aliphatic heterocycles. The van der Waals surface area contributed by atoms with Gasteiger partial charge in [0.25, 0.3) is 0 Å². The molecule has 0 aliphatic carbocycles. The van der Waals surface area contributed by atoms with Crippen LogP contribution in [0.4, 0.5) is 0 Å². The fourth-order valence-corrected chi connectivity index (χ4v) is 4.08. The molecule has 138 valence electrons. The van der Waals surface area contributed by atoms with Gasteiger partial charge in [-0.2, -0.15) is 0 Å². The number of rotatable bonds is 5. The van der Waals surface area contributed by atoms with Crippen molar-refractivity contribution < 1.29 is 9.21 Å². The van der Waals surface area contributed by atoms with Crippen molar-refractivity contribution in [3.05, 3.63) is 47.9 Å². The predicted octanol–water partition coefficient (Wildman–Crippen LogP) is 2.91. The number of benzene rings is 1. The Morgan fingerprint density at radius 3 is 3.00 bits per heavy atom. The summed E-state index contributed by atoms with van der Waals surface area (Å²) in [5, 5.41) is 4.16. The van der Waals surface area contributed by atoms with Crippen LogP contribution in [-0.2, 0) is 17.8 Å². The highest BCUT2D eigenvalue weighted by molar-refractivity contribution is 5.84. The van der Waals surface area contributed by atoms with Gasteiger partial charge in [-0.25, -0.2) is 0 Å². The van der Waals surface area contributed by atoms with Crippen molar-refractivity contribution in [2.45, 2.75) is 38.8 Å². The SMILES string of the molecule is C=C1CNC(=O)C2CN(Cc3c(CCCC)oc4ccccc34)CCN12. The fraction of sp³-hybridized carbons (Fsp3) is 0.476. The van der Waals surface area contributed by atoms with Gasteiger partial charge in [-0.1, -0.05) is 38.1 Å². The molecular formula is C21H27N3O2. The third-order valence-electron chi connectivity index (χ3n) is 5.56. The van der Waals surface area contributed by atoms with Crippen molar-refractivity contribution in [3.63, 3.8) is 0 Å². The molecule has 1 aromatic carbocycles. The van der Waals surface area contributed by atoms with Gasteiger partial charge in [-0.3, -0.25) is 9.69 Å². The average molecular weight is 353 g/mol. The summed E-state index contributed by atoms with van der Waals surface area (Å²) < 4.78 is 6.16. The van der Waals surface area contributed by atoms with Crippen LogP contribution in [0.5, 0.6) is 0 Å². The molecule has 2 aliphatic rings. The van der Waals surface area contributed by atoms with Crippen LogP contribution in [0.25, 0.3) is 11.0 Å². The molecule has 3 heterocycles. The van der Waals surface area contributed by atoms with Crippen LogP contribution in [0.15, 0.2) is 41.0 Å². The molecule has 5 heteroatoms. The van der Waals surface area contributed by atoms with Gasteiger partial charge in [0.2, 0.25) is 5.91 Å². The topological polar surface area (TPSA) is 48.7 Å². The summed E-state index contributed by atoms with van der Waals surface area (Å²) in [6.07, 6.45) is 3.26. The van der Waals surface area contributed by atoms with E-state index in [2.05, 4.69) is 40.8 Å². The molecule has 0 radical (unpaired) electrons. The Morgan fingerprint density at radius 1 is 1.31 bits per heavy atom. The van der Waals surface area contributed by atoms with Crippen molar-refractivity contribution in [1.29, 1.82) is 0 Å². The Morgan fingerprint density at radius 2 is 2.15 bits per heavy atom. The largest absolute Gasteiger partial charge is 0.461 e. The second-order valence-electron chi connectivity index (χ2n) is 7.33. The first-order chi connectivity index (χ1) is 12.7. The predicted molar refractivity (Wildman–Crippen MR) is 103 cm³/mol. The average Bonchev–Trinajstić information content (AvgIpc) is 3.01. The summed E-state index contributed by atoms with van der Waals surface area (Å²) in [6.45, 7) is 10.2. The second-order valence-corrected chi connectivity index (χ2v) is 7.33. The van der Waals surface area contributed by atoms with Crippen molar-refractivity contribution in [2.75, 3.05) is 26.2 Å². The molecule has 0 spiro atoms. The second kappa shape index (κ2) is 7.16. The highest BCUT2D eigenvalue weighted by atomic mass is 16.3. The Hall–Kier alpha value is -2.27. The molecule has 1 amide bonds. The molecule has 26 heavy (non-hydrogen) atoms. The zero-order valence-electron chi connectivity index (χ0n) is 15.5. The van der Waals surface area contributed by atoms with E-state index in [0.717, 1.165) is 62.5 Å². The minimum absolute atomic E-state index is 0.116. The van der Waals surface area contributed by atoms with Crippen LogP contribution in [0, 0.1) is 0 Å². The quantitative estimate of drug-likeness (QED) is 0.898. The van der Waals surface area contributed by atoms with Gasteiger partial charge >= 0.3 is 0 Å². The first-order valence-corrected chi connectivity index (χ1v) is 9.61. The molecule has 0 saturated carbocycles. The number of hydrogen-bond donors (Lipinski definition) is 1. The minimum atomic E-state index is -0.123. The van der Waals surface area contributed by atoms with Gasteiger partial charge in [0.05, 0.1) is 6.54 Å². The molecule has 1 N–H and O–H groups in total. The molecule has 2 fully saturated rings. The number of carbonyl (C=O) groups is 1. The Kier molecular flexibility index (Phi) is 4.72. The zero-order valence-corrected chi connectivity index (χ0v) is 15.5. The monoisotopic (exact) mass is 353 g/mol. The smallest absolute Gasteiger partial charge is 0.244 e. The summed E-state index contributed by atoms with van der Waals surface area (Å²) in [5.41, 5.74) is 3.28. The lowest BCUT2D eigenvalue weighted by atomic mass is 10.0. The van der Waals surface area contributed by atoms with Gasteiger partial charge in [0.15, 0.2) is 0 Å². The van der Waals surface area contributed by atoms with E-state index < -0.39 is 0 Å². The summed E-state index contributed by atoms with van der Waals surface area (Å²) in [5.74, 6) is 1.22. The van der Waals surface area contributed by atoms with Gasteiger partial charge < -0.3 is 14.6 Å². The number of furan rings is 1. The number of fused-ring (bicyclic) bond motifs is 2. The highest BCUT2D eigenvalue weighted by Crippen LogP contribution is 2.29. The van der Waals surface area contributed by atoms with E-state index in [1.165, 1.54) is 10.9 Å². The maximum Gasteiger partial charge on any atom is 0.244 e. The van der Waals surface area contributed by atoms with Crippen LogP contribution < -0.4 is 5.32 Å². The molecule has 2 aromatic rings. The standard InChI is InChI=1S/C21H27N3O2/c1-3-4-8-20-17(16-7-5-6-9-19(16)26-20)13-23-10-11-24-15(2)12-22-21(25)18(24)14-23/h5-7,9,18H,2-4,8,10-14H2,1H3,(H,22,25). The summed E-state index contributed by atoms with van der Waals surface area (Å²) in [6, 6.07) is 8.17. The van der Waals surface area contributed by atoms with E-state index >= 15 is 0 Å². The van der Waals surface area contributed by atoms with E-state index in [9.17, 15) is 4.79 Å². The van der Waals surface area contributed by atoms with Crippen LogP contribution in [0.2, 0.25) is 0 Å². The number of carbonyl (C=O) groups excluding carboxylic acids is 1. The lowest BCUT2D eigenvalue weighted by Gasteiger charge is -2.45. The first-order valence-electron chi connectivity index (χ1n) is 9.61. The molecule has 1 aromatic heterocycles. The molecule has 1 atom stereocenters.